The second-order valence-electron chi connectivity index (χ2n) is 7.16. The van der Waals surface area contributed by atoms with Crippen LogP contribution in [-0.2, 0) is 9.47 Å². The van der Waals surface area contributed by atoms with Crippen molar-refractivity contribution in [3.05, 3.63) is 0 Å². The van der Waals surface area contributed by atoms with E-state index in [-0.39, 0.29) is 6.54 Å². The first-order valence-corrected chi connectivity index (χ1v) is 9.62. The highest BCUT2D eigenvalue weighted by Crippen LogP contribution is 2.34. The molecular weight excluding hydrogens is 454 g/mol. The maximum Gasteiger partial charge on any atom is 0.338 e. The molecule has 17 heteroatoms. The number of nitrogens with one attached hydrogen (secondary N) is 2. The number of hydrogen-bond acceptors (Lipinski definition) is 13. The van der Waals surface area contributed by atoms with Crippen LogP contribution in [0.1, 0.15) is 0 Å². The van der Waals surface area contributed by atoms with Crippen molar-refractivity contribution >= 4 is 18.3 Å². The third-order valence-electron chi connectivity index (χ3n) is 4.74. The van der Waals surface area contributed by atoms with E-state index in [1.807, 2.05) is 0 Å². The van der Waals surface area contributed by atoms with Crippen LogP contribution >= 0.6 is 0 Å². The molecule has 4 amide bonds. The van der Waals surface area contributed by atoms with E-state index < -0.39 is 86.6 Å². The minimum absolute atomic E-state index is 0.168. The van der Waals surface area contributed by atoms with Crippen molar-refractivity contribution in [1.29, 1.82) is 0 Å². The average Bonchev–Trinajstić information content (AvgIpc) is 3.57. The molecule has 33 heavy (non-hydrogen) atoms. The lowest BCUT2D eigenvalue weighted by Crippen LogP contribution is -2.64. The molecule has 1 aliphatic heterocycles. The highest BCUT2D eigenvalue weighted by molar-refractivity contribution is 5.83. The largest absolute Gasteiger partial charge is 0.394 e. The van der Waals surface area contributed by atoms with E-state index >= 15 is 0 Å². The second kappa shape index (κ2) is 13.0. The van der Waals surface area contributed by atoms with Crippen LogP contribution < -0.4 is 22.1 Å². The molecule has 0 aliphatic carbocycles. The number of primary amides is 2. The summed E-state index contributed by atoms with van der Waals surface area (Å²) in [5, 5.41) is 83.4. The number of rotatable bonds is 15. The van der Waals surface area contributed by atoms with Gasteiger partial charge in [-0.15, -0.1) is 0 Å². The van der Waals surface area contributed by atoms with Gasteiger partial charge < -0.3 is 67.1 Å². The summed E-state index contributed by atoms with van der Waals surface area (Å²) in [5.41, 5.74) is 7.29. The number of nitrogens with two attached hydrogens (primary N) is 2. The highest BCUT2D eigenvalue weighted by Gasteiger charge is 2.59. The molecule has 9 atom stereocenters. The lowest BCUT2D eigenvalue weighted by molar-refractivity contribution is -0.184. The van der Waals surface area contributed by atoms with Gasteiger partial charge in [-0.05, 0) is 0 Å². The summed E-state index contributed by atoms with van der Waals surface area (Å²) in [6.07, 6.45) is -12.7. The number of amides is 4. The van der Waals surface area contributed by atoms with Crippen LogP contribution in [0.2, 0.25) is 0 Å². The van der Waals surface area contributed by atoms with Crippen molar-refractivity contribution in [3.63, 3.8) is 0 Å². The smallest absolute Gasteiger partial charge is 0.338 e. The molecule has 192 valence electrons. The summed E-state index contributed by atoms with van der Waals surface area (Å²) in [5.74, 6) is 0. The third kappa shape index (κ3) is 8.36. The third-order valence-corrected chi connectivity index (χ3v) is 4.74. The van der Waals surface area contributed by atoms with Gasteiger partial charge in [0.2, 0.25) is 0 Å². The molecule has 14 N–H and O–H groups in total. The Labute approximate surface area is 187 Å². The molecule has 0 aromatic heterocycles. The fourth-order valence-corrected chi connectivity index (χ4v) is 2.87. The molecule has 0 radical (unpaired) electrons. The highest BCUT2D eigenvalue weighted by atomic mass is 16.6. The molecule has 17 nitrogen and oxygen atoms in total. The molecule has 1 heterocycles. The summed E-state index contributed by atoms with van der Waals surface area (Å²) in [6.45, 7) is -2.83. The van der Waals surface area contributed by atoms with Gasteiger partial charge in [0, 0.05) is 12.8 Å². The Balaban J connectivity index is 2.95. The first-order valence-electron chi connectivity index (χ1n) is 9.62. The number of urea groups is 2. The number of epoxide rings is 1. The number of aliphatic imine (C=N–C) groups is 1. The number of nitrogens with zero attached hydrogens (tertiary/aromatic N) is 1. The zero-order chi connectivity index (χ0) is 25.3. The monoisotopic (exact) mass is 485 g/mol. The van der Waals surface area contributed by atoms with Gasteiger partial charge in [0.05, 0.1) is 19.9 Å². The van der Waals surface area contributed by atoms with E-state index in [9.17, 15) is 40.2 Å². The summed E-state index contributed by atoms with van der Waals surface area (Å²) < 4.78 is 10.4. The van der Waals surface area contributed by atoms with Gasteiger partial charge in [0.25, 0.3) is 0 Å². The Morgan fingerprint density at radius 2 is 1.73 bits per heavy atom. The molecule has 0 aromatic rings. The van der Waals surface area contributed by atoms with Gasteiger partial charge in [0.15, 0.2) is 5.72 Å². The van der Waals surface area contributed by atoms with Crippen LogP contribution in [0.25, 0.3) is 0 Å². The van der Waals surface area contributed by atoms with Crippen LogP contribution in [0.3, 0.4) is 0 Å². The van der Waals surface area contributed by atoms with Crippen molar-refractivity contribution < 1.29 is 59.9 Å². The van der Waals surface area contributed by atoms with Gasteiger partial charge in [-0.2, -0.15) is 0 Å². The van der Waals surface area contributed by atoms with Crippen LogP contribution in [-0.4, -0.2) is 140 Å². The maximum absolute atomic E-state index is 10.9. The minimum atomic E-state index is -2.48. The van der Waals surface area contributed by atoms with E-state index in [1.165, 1.54) is 0 Å². The standard InChI is InChI=1S/C16H31N5O12/c17-14(29)19-1-6(24)11(10(27)7(25)3-22)32-5-21-16(31,12(28)8(26)4-23)13-9(33-13)2-20-15(18)30/h1,6-13,21-28,31H,2-5H2,(H2,17,29)(H3,18,20,30). The van der Waals surface area contributed by atoms with Crippen molar-refractivity contribution in [2.24, 2.45) is 16.5 Å². The number of hydrogen-bond donors (Lipinski definition) is 12. The van der Waals surface area contributed by atoms with E-state index in [2.05, 4.69) is 15.6 Å². The van der Waals surface area contributed by atoms with Gasteiger partial charge in [-0.25, -0.2) is 14.6 Å². The number of carbonyl (C=O) groups is 2. The van der Waals surface area contributed by atoms with Crippen LogP contribution in [0.5, 0.6) is 0 Å². The predicted molar refractivity (Wildman–Crippen MR) is 106 cm³/mol. The van der Waals surface area contributed by atoms with Gasteiger partial charge in [0.1, 0.15) is 48.8 Å². The molecule has 0 aromatic carbocycles. The Kier molecular flexibility index (Phi) is 11.4. The normalized spacial score (nSPS) is 25.5. The van der Waals surface area contributed by atoms with Crippen molar-refractivity contribution in [3.8, 4) is 0 Å². The first kappa shape index (κ1) is 29.0. The molecule has 1 aliphatic rings. The first-order chi connectivity index (χ1) is 15.4. The molecule has 0 spiro atoms. The Morgan fingerprint density at radius 1 is 1.12 bits per heavy atom. The molecule has 9 unspecified atom stereocenters. The Hall–Kier alpha value is -2.03. The van der Waals surface area contributed by atoms with Crippen LogP contribution in [0, 0.1) is 0 Å². The minimum Gasteiger partial charge on any atom is -0.394 e. The van der Waals surface area contributed by atoms with E-state index in [0.29, 0.717) is 6.21 Å². The maximum atomic E-state index is 10.9. The molecule has 1 saturated heterocycles. The zero-order valence-electron chi connectivity index (χ0n) is 17.3. The molecule has 1 fully saturated rings. The fourth-order valence-electron chi connectivity index (χ4n) is 2.87. The number of aliphatic hydroxyl groups is 8. The zero-order valence-corrected chi connectivity index (χ0v) is 17.3. The molecular formula is C16H31N5O12. The van der Waals surface area contributed by atoms with Gasteiger partial charge in [-0.1, -0.05) is 0 Å². The lowest BCUT2D eigenvalue weighted by atomic mass is 9.96. The van der Waals surface area contributed by atoms with Gasteiger partial charge >= 0.3 is 12.1 Å². The van der Waals surface area contributed by atoms with E-state index in [4.69, 9.17) is 31.2 Å². The van der Waals surface area contributed by atoms with E-state index in [0.717, 1.165) is 0 Å². The molecule has 0 saturated carbocycles. The van der Waals surface area contributed by atoms with Crippen LogP contribution in [0.4, 0.5) is 9.59 Å². The summed E-state index contributed by atoms with van der Waals surface area (Å²) in [7, 11) is 0. The van der Waals surface area contributed by atoms with Gasteiger partial charge in [-0.3, -0.25) is 5.32 Å². The average molecular weight is 485 g/mol. The number of ether oxygens (including phenoxy) is 2. The Bertz CT molecular complexity index is 672. The second-order valence-corrected chi connectivity index (χ2v) is 7.16. The quantitative estimate of drug-likeness (QED) is 0.0583. The van der Waals surface area contributed by atoms with E-state index in [1.54, 1.807) is 0 Å². The summed E-state index contributed by atoms with van der Waals surface area (Å²) in [6, 6.07) is -2.06. The van der Waals surface area contributed by atoms with Crippen molar-refractivity contribution in [2.45, 2.75) is 54.6 Å². The van der Waals surface area contributed by atoms with Crippen LogP contribution in [0.15, 0.2) is 4.99 Å². The number of carbonyl (C=O) groups excluding carboxylic acids is 2. The number of aliphatic hydroxyl groups excluding tert-OH is 7. The Morgan fingerprint density at radius 3 is 2.24 bits per heavy atom. The van der Waals surface area contributed by atoms with Crippen molar-refractivity contribution in [2.75, 3.05) is 26.5 Å². The topological polar surface area (TPSA) is 306 Å². The summed E-state index contributed by atoms with van der Waals surface area (Å²) >= 11 is 0. The molecule has 1 rings (SSSR count). The summed E-state index contributed by atoms with van der Waals surface area (Å²) in [4.78, 5) is 24.7. The lowest BCUT2D eigenvalue weighted by Gasteiger charge is -2.36. The fraction of sp³-hybridized carbons (Fsp3) is 0.812. The van der Waals surface area contributed by atoms with Crippen molar-refractivity contribution in [1.82, 2.24) is 10.6 Å². The SMILES string of the molecule is NC(=O)N=CC(O)C(OCNC(O)(C(O)C(O)CO)C1OC1CNC(N)=O)C(O)C(O)CO. The predicted octanol–water partition coefficient (Wildman–Crippen LogP) is -7.02. The molecule has 0 bridgehead atoms.